The lowest BCUT2D eigenvalue weighted by atomic mass is 10.2. The fraction of sp³-hybridized carbons (Fsp3) is 0.500. The lowest BCUT2D eigenvalue weighted by Gasteiger charge is -2.23. The molecule has 2 rings (SSSR count). The van der Waals surface area contributed by atoms with Crippen molar-refractivity contribution in [1.82, 2.24) is 5.32 Å². The summed E-state index contributed by atoms with van der Waals surface area (Å²) in [6.45, 7) is 3.91. The molecule has 0 aliphatic carbocycles. The predicted molar refractivity (Wildman–Crippen MR) is 66.0 cm³/mol. The monoisotopic (exact) mass is 243 g/mol. The van der Waals surface area contributed by atoms with Crippen LogP contribution in [0.1, 0.15) is 5.56 Å². The van der Waals surface area contributed by atoms with Gasteiger partial charge < -0.3 is 14.8 Å². The zero-order valence-corrected chi connectivity index (χ0v) is 10.0. The number of rotatable bonds is 4. The molecule has 1 saturated heterocycles. The molecule has 3 nitrogen and oxygen atoms in total. The van der Waals surface area contributed by atoms with Crippen LogP contribution in [0.5, 0.6) is 0 Å². The van der Waals surface area contributed by atoms with E-state index in [1.807, 2.05) is 6.07 Å². The summed E-state index contributed by atoms with van der Waals surface area (Å²) in [5.74, 6) is 0. The molecule has 0 saturated carbocycles. The van der Waals surface area contributed by atoms with Crippen LogP contribution in [0, 0.1) is 0 Å². The topological polar surface area (TPSA) is 30.5 Å². The van der Waals surface area contributed by atoms with Crippen molar-refractivity contribution >= 4 is 12.4 Å². The van der Waals surface area contributed by atoms with Crippen LogP contribution in [0.25, 0.3) is 0 Å². The number of hydrogen-bond donors (Lipinski definition) is 1. The molecule has 1 aromatic rings. The number of nitrogens with one attached hydrogen (secondary N) is 1. The van der Waals surface area contributed by atoms with E-state index in [1.54, 1.807) is 0 Å². The summed E-state index contributed by atoms with van der Waals surface area (Å²) in [5, 5.41) is 3.37. The molecular weight excluding hydrogens is 226 g/mol. The summed E-state index contributed by atoms with van der Waals surface area (Å²) in [4.78, 5) is 0. The summed E-state index contributed by atoms with van der Waals surface area (Å²) in [5.41, 5.74) is 1.30. The first-order valence-corrected chi connectivity index (χ1v) is 5.39. The quantitative estimate of drug-likeness (QED) is 0.872. The second kappa shape index (κ2) is 7.63. The Morgan fingerprint density at radius 2 is 2.00 bits per heavy atom. The highest BCUT2D eigenvalue weighted by atomic mass is 35.5. The fourth-order valence-corrected chi connectivity index (χ4v) is 1.63. The standard InChI is InChI=1S/C12H17NO2.ClH/c1-2-4-11(5-3-1)8-13-9-12-10-14-6-7-15-12;/h1-5,12-13H,6-10H2;1H. The Hall–Kier alpha value is -0.610. The SMILES string of the molecule is Cl.c1ccc(CNCC2COCCO2)cc1. The van der Waals surface area contributed by atoms with E-state index in [-0.39, 0.29) is 18.5 Å². The molecule has 0 radical (unpaired) electrons. The van der Waals surface area contributed by atoms with Gasteiger partial charge in [0.1, 0.15) is 0 Å². The van der Waals surface area contributed by atoms with E-state index >= 15 is 0 Å². The van der Waals surface area contributed by atoms with Crippen molar-refractivity contribution in [3.63, 3.8) is 0 Å². The zero-order valence-electron chi connectivity index (χ0n) is 9.22. The molecule has 1 atom stereocenters. The van der Waals surface area contributed by atoms with Crippen LogP contribution in [0.2, 0.25) is 0 Å². The third-order valence-corrected chi connectivity index (χ3v) is 2.43. The van der Waals surface area contributed by atoms with Gasteiger partial charge >= 0.3 is 0 Å². The highest BCUT2D eigenvalue weighted by molar-refractivity contribution is 5.85. The van der Waals surface area contributed by atoms with Gasteiger partial charge in [0.25, 0.3) is 0 Å². The van der Waals surface area contributed by atoms with Crippen LogP contribution in [0.4, 0.5) is 0 Å². The van der Waals surface area contributed by atoms with Crippen LogP contribution < -0.4 is 5.32 Å². The molecule has 1 N–H and O–H groups in total. The van der Waals surface area contributed by atoms with Gasteiger partial charge in [-0.3, -0.25) is 0 Å². The molecule has 1 unspecified atom stereocenters. The van der Waals surface area contributed by atoms with Gasteiger partial charge in [-0.25, -0.2) is 0 Å². The molecule has 1 aliphatic rings. The lowest BCUT2D eigenvalue weighted by Crippen LogP contribution is -2.37. The van der Waals surface area contributed by atoms with Crippen LogP contribution in [0.15, 0.2) is 30.3 Å². The lowest BCUT2D eigenvalue weighted by molar-refractivity contribution is -0.0864. The Kier molecular flexibility index (Phi) is 6.42. The summed E-state index contributed by atoms with van der Waals surface area (Å²) >= 11 is 0. The molecule has 0 bridgehead atoms. The summed E-state index contributed by atoms with van der Waals surface area (Å²) in [7, 11) is 0. The fourth-order valence-electron chi connectivity index (χ4n) is 1.63. The van der Waals surface area contributed by atoms with Crippen molar-refractivity contribution in [1.29, 1.82) is 0 Å². The third kappa shape index (κ3) is 4.49. The van der Waals surface area contributed by atoms with Crippen molar-refractivity contribution in [2.75, 3.05) is 26.4 Å². The normalized spacial score (nSPS) is 20.1. The third-order valence-electron chi connectivity index (χ3n) is 2.43. The summed E-state index contributed by atoms with van der Waals surface area (Å²) < 4.78 is 10.8. The van der Waals surface area contributed by atoms with Gasteiger partial charge in [-0.1, -0.05) is 30.3 Å². The Labute approximate surface area is 103 Å². The molecule has 0 spiro atoms. The van der Waals surface area contributed by atoms with E-state index in [2.05, 4.69) is 29.6 Å². The molecule has 1 aromatic carbocycles. The van der Waals surface area contributed by atoms with Crippen LogP contribution in [0.3, 0.4) is 0 Å². The predicted octanol–water partition coefficient (Wildman–Crippen LogP) is 1.61. The van der Waals surface area contributed by atoms with Gasteiger partial charge in [0.15, 0.2) is 0 Å². The maximum Gasteiger partial charge on any atom is 0.0933 e. The second-order valence-electron chi connectivity index (χ2n) is 3.68. The molecular formula is C12H18ClNO2. The molecule has 90 valence electrons. The van der Waals surface area contributed by atoms with Crippen LogP contribution in [-0.4, -0.2) is 32.5 Å². The van der Waals surface area contributed by atoms with E-state index in [9.17, 15) is 0 Å². The van der Waals surface area contributed by atoms with Crippen molar-refractivity contribution in [2.45, 2.75) is 12.6 Å². The van der Waals surface area contributed by atoms with Crippen molar-refractivity contribution < 1.29 is 9.47 Å². The first kappa shape index (κ1) is 13.5. The zero-order chi connectivity index (χ0) is 10.3. The number of halogens is 1. The summed E-state index contributed by atoms with van der Waals surface area (Å²) in [6.07, 6.45) is 0.211. The molecule has 16 heavy (non-hydrogen) atoms. The van der Waals surface area contributed by atoms with E-state index in [0.717, 1.165) is 26.3 Å². The maximum absolute atomic E-state index is 5.53. The van der Waals surface area contributed by atoms with E-state index in [1.165, 1.54) is 5.56 Å². The van der Waals surface area contributed by atoms with Gasteiger partial charge in [0.05, 0.1) is 25.9 Å². The summed E-state index contributed by atoms with van der Waals surface area (Å²) in [6, 6.07) is 10.4. The highest BCUT2D eigenvalue weighted by Gasteiger charge is 2.12. The van der Waals surface area contributed by atoms with Gasteiger partial charge in [0, 0.05) is 13.1 Å². The Bertz CT molecular complexity index is 276. The first-order chi connectivity index (χ1) is 7.45. The minimum atomic E-state index is 0. The molecule has 0 aromatic heterocycles. The average Bonchev–Trinajstić information content (AvgIpc) is 2.32. The Morgan fingerprint density at radius 1 is 1.19 bits per heavy atom. The largest absolute Gasteiger partial charge is 0.376 e. The van der Waals surface area contributed by atoms with Crippen LogP contribution >= 0.6 is 12.4 Å². The maximum atomic E-state index is 5.53. The number of benzene rings is 1. The smallest absolute Gasteiger partial charge is 0.0933 e. The van der Waals surface area contributed by atoms with E-state index in [0.29, 0.717) is 6.61 Å². The van der Waals surface area contributed by atoms with E-state index in [4.69, 9.17) is 9.47 Å². The molecule has 1 fully saturated rings. The molecule has 0 amide bonds. The highest BCUT2D eigenvalue weighted by Crippen LogP contribution is 2.01. The van der Waals surface area contributed by atoms with Crippen molar-refractivity contribution in [2.24, 2.45) is 0 Å². The van der Waals surface area contributed by atoms with Gasteiger partial charge in [-0.15, -0.1) is 12.4 Å². The van der Waals surface area contributed by atoms with Crippen LogP contribution in [-0.2, 0) is 16.0 Å². The number of ether oxygens (including phenoxy) is 2. The molecule has 4 heteroatoms. The minimum absolute atomic E-state index is 0. The number of hydrogen-bond acceptors (Lipinski definition) is 3. The molecule has 1 aliphatic heterocycles. The van der Waals surface area contributed by atoms with E-state index < -0.39 is 0 Å². The second-order valence-corrected chi connectivity index (χ2v) is 3.68. The van der Waals surface area contributed by atoms with Gasteiger partial charge in [-0.05, 0) is 5.56 Å². The minimum Gasteiger partial charge on any atom is -0.376 e. The molecule has 1 heterocycles. The Balaban J connectivity index is 0.00000128. The van der Waals surface area contributed by atoms with Crippen molar-refractivity contribution in [3.05, 3.63) is 35.9 Å². The first-order valence-electron chi connectivity index (χ1n) is 5.39. The van der Waals surface area contributed by atoms with Gasteiger partial charge in [0.2, 0.25) is 0 Å². The Morgan fingerprint density at radius 3 is 2.69 bits per heavy atom. The average molecular weight is 244 g/mol. The van der Waals surface area contributed by atoms with Gasteiger partial charge in [-0.2, -0.15) is 0 Å². The van der Waals surface area contributed by atoms with Crippen molar-refractivity contribution in [3.8, 4) is 0 Å².